The van der Waals surface area contributed by atoms with Gasteiger partial charge in [0, 0.05) is 38.8 Å². The molecule has 2 fully saturated rings. The molecule has 3 aliphatic rings. The van der Waals surface area contributed by atoms with E-state index in [2.05, 4.69) is 47.0 Å². The summed E-state index contributed by atoms with van der Waals surface area (Å²) in [7, 11) is 4.53. The number of aryl methyl sites for hydroxylation is 1. The number of hydrogen-bond acceptors (Lipinski definition) is 3. The van der Waals surface area contributed by atoms with E-state index in [0.29, 0.717) is 6.04 Å². The van der Waals surface area contributed by atoms with Crippen molar-refractivity contribution in [2.24, 2.45) is 0 Å². The number of benzene rings is 1. The van der Waals surface area contributed by atoms with Crippen LogP contribution in [0.2, 0.25) is 0 Å². The Morgan fingerprint density at radius 2 is 1.71 bits per heavy atom. The molecule has 0 saturated carbocycles. The lowest BCUT2D eigenvalue weighted by molar-refractivity contribution is 0.102. The van der Waals surface area contributed by atoms with Crippen molar-refractivity contribution in [2.75, 3.05) is 53.4 Å². The lowest BCUT2D eigenvalue weighted by atomic mass is 9.82. The van der Waals surface area contributed by atoms with Crippen molar-refractivity contribution in [1.82, 2.24) is 14.7 Å². The highest BCUT2D eigenvalue weighted by molar-refractivity contribution is 5.38. The maximum atomic E-state index is 2.76. The van der Waals surface area contributed by atoms with Crippen molar-refractivity contribution < 1.29 is 0 Å². The zero-order valence-electron chi connectivity index (χ0n) is 15.5. The summed E-state index contributed by atoms with van der Waals surface area (Å²) in [6, 6.07) is 8.17. The van der Waals surface area contributed by atoms with Gasteiger partial charge < -0.3 is 9.80 Å². The number of likely N-dealkylation sites (tertiary alicyclic amines) is 1. The Bertz CT molecular complexity index is 562. The molecule has 2 heterocycles. The highest BCUT2D eigenvalue weighted by atomic mass is 15.3. The molecule has 2 aliphatic heterocycles. The van der Waals surface area contributed by atoms with E-state index in [-0.39, 0.29) is 0 Å². The summed E-state index contributed by atoms with van der Waals surface area (Å²) in [5.74, 6) is 0.740. The minimum Gasteiger partial charge on any atom is -0.306 e. The van der Waals surface area contributed by atoms with Gasteiger partial charge in [0.2, 0.25) is 0 Å². The molecule has 132 valence electrons. The number of likely N-dealkylation sites (N-methyl/N-ethyl adjacent to an activating group) is 2. The number of piperidine rings is 1. The second-order valence-electron chi connectivity index (χ2n) is 8.31. The lowest BCUT2D eigenvalue weighted by Crippen LogP contribution is -2.46. The summed E-state index contributed by atoms with van der Waals surface area (Å²) < 4.78 is 0. The van der Waals surface area contributed by atoms with Crippen molar-refractivity contribution in [3.05, 3.63) is 34.9 Å². The zero-order valence-corrected chi connectivity index (χ0v) is 15.5. The van der Waals surface area contributed by atoms with Crippen LogP contribution in [0, 0.1) is 0 Å². The molecular weight excluding hydrogens is 294 g/mol. The van der Waals surface area contributed by atoms with Crippen molar-refractivity contribution in [1.29, 1.82) is 0 Å². The summed E-state index contributed by atoms with van der Waals surface area (Å²) in [5.41, 5.74) is 4.89. The smallest absolute Gasteiger partial charge is 0.0352 e. The molecule has 0 radical (unpaired) electrons. The van der Waals surface area contributed by atoms with E-state index in [1.165, 1.54) is 71.4 Å². The molecule has 2 saturated heterocycles. The van der Waals surface area contributed by atoms with Crippen molar-refractivity contribution in [3.8, 4) is 0 Å². The molecule has 0 N–H and O–H groups in total. The highest BCUT2D eigenvalue weighted by Gasteiger charge is 2.29. The Kier molecular flexibility index (Phi) is 4.93. The Morgan fingerprint density at radius 3 is 2.50 bits per heavy atom. The fourth-order valence-corrected chi connectivity index (χ4v) is 5.00. The van der Waals surface area contributed by atoms with Crippen molar-refractivity contribution in [3.63, 3.8) is 0 Å². The first-order chi connectivity index (χ1) is 11.7. The zero-order chi connectivity index (χ0) is 16.5. The third-order valence-electron chi connectivity index (χ3n) is 6.53. The van der Waals surface area contributed by atoms with Crippen LogP contribution in [0.3, 0.4) is 0 Å². The molecule has 0 spiro atoms. The van der Waals surface area contributed by atoms with Gasteiger partial charge in [-0.15, -0.1) is 0 Å². The predicted octanol–water partition coefficient (Wildman–Crippen LogP) is 3.12. The largest absolute Gasteiger partial charge is 0.306 e. The Hall–Kier alpha value is -0.900. The first kappa shape index (κ1) is 16.6. The van der Waals surface area contributed by atoms with Crippen molar-refractivity contribution in [2.45, 2.75) is 44.1 Å². The van der Waals surface area contributed by atoms with Crippen LogP contribution in [0.1, 0.15) is 54.3 Å². The van der Waals surface area contributed by atoms with Crippen LogP contribution in [0.4, 0.5) is 0 Å². The number of nitrogens with zero attached hydrogens (tertiary/aromatic N) is 3. The van der Waals surface area contributed by atoms with Gasteiger partial charge in [0.1, 0.15) is 0 Å². The van der Waals surface area contributed by atoms with Gasteiger partial charge in [0.15, 0.2) is 0 Å². The molecule has 1 aliphatic carbocycles. The highest BCUT2D eigenvalue weighted by Crippen LogP contribution is 2.37. The van der Waals surface area contributed by atoms with E-state index in [4.69, 9.17) is 0 Å². The summed E-state index contributed by atoms with van der Waals surface area (Å²) in [6.07, 6.45) is 6.70. The average molecular weight is 328 g/mol. The minimum absolute atomic E-state index is 0.670. The standard InChI is InChI=1S/C21H33N3/c1-22-11-13-24(14-12-22)21-7-3-5-17-8-9-18(15-20(17)21)19-6-4-10-23(2)16-19/h8-9,15,19,21H,3-7,10-14,16H2,1-2H3. The Labute approximate surface area is 147 Å². The summed E-state index contributed by atoms with van der Waals surface area (Å²) >= 11 is 0. The molecule has 0 aromatic heterocycles. The maximum absolute atomic E-state index is 2.76. The van der Waals surface area contributed by atoms with E-state index >= 15 is 0 Å². The van der Waals surface area contributed by atoms with Crippen LogP contribution in [-0.4, -0.2) is 68.1 Å². The van der Waals surface area contributed by atoms with Gasteiger partial charge in [-0.3, -0.25) is 4.90 Å². The first-order valence-electron chi connectivity index (χ1n) is 9.94. The molecular formula is C21H33N3. The van der Waals surface area contributed by atoms with Crippen molar-refractivity contribution >= 4 is 0 Å². The molecule has 0 bridgehead atoms. The topological polar surface area (TPSA) is 9.72 Å². The molecule has 2 atom stereocenters. The number of rotatable bonds is 2. The van der Waals surface area contributed by atoms with Crippen LogP contribution < -0.4 is 0 Å². The molecule has 1 aromatic carbocycles. The minimum atomic E-state index is 0.670. The SMILES string of the molecule is CN1CCN(C2CCCc3ccc(C4CCCN(C)C4)cc32)CC1. The quantitative estimate of drug-likeness (QED) is 0.826. The summed E-state index contributed by atoms with van der Waals surface area (Å²) in [5, 5.41) is 0. The lowest BCUT2D eigenvalue weighted by Gasteiger charge is -2.41. The van der Waals surface area contributed by atoms with Gasteiger partial charge in [-0.25, -0.2) is 0 Å². The van der Waals surface area contributed by atoms with E-state index < -0.39 is 0 Å². The Balaban J connectivity index is 1.57. The van der Waals surface area contributed by atoms with Gasteiger partial charge in [-0.2, -0.15) is 0 Å². The number of hydrogen-bond donors (Lipinski definition) is 0. The average Bonchev–Trinajstić information content (AvgIpc) is 2.61. The maximum Gasteiger partial charge on any atom is 0.0352 e. The third-order valence-corrected chi connectivity index (χ3v) is 6.53. The van der Waals surface area contributed by atoms with Crippen LogP contribution in [0.15, 0.2) is 18.2 Å². The van der Waals surface area contributed by atoms with E-state index in [1.54, 1.807) is 16.7 Å². The van der Waals surface area contributed by atoms with Crippen LogP contribution >= 0.6 is 0 Å². The summed E-state index contributed by atoms with van der Waals surface area (Å²) in [4.78, 5) is 7.73. The number of piperazine rings is 1. The van der Waals surface area contributed by atoms with Crippen LogP contribution in [0.5, 0.6) is 0 Å². The van der Waals surface area contributed by atoms with E-state index in [9.17, 15) is 0 Å². The second kappa shape index (κ2) is 7.15. The van der Waals surface area contributed by atoms with Gasteiger partial charge in [-0.1, -0.05) is 18.2 Å². The van der Waals surface area contributed by atoms with Gasteiger partial charge in [-0.05, 0) is 75.4 Å². The van der Waals surface area contributed by atoms with E-state index in [0.717, 1.165) is 5.92 Å². The predicted molar refractivity (Wildman–Crippen MR) is 101 cm³/mol. The molecule has 3 nitrogen and oxygen atoms in total. The Morgan fingerprint density at radius 1 is 0.875 bits per heavy atom. The van der Waals surface area contributed by atoms with Gasteiger partial charge in [0.05, 0.1) is 0 Å². The first-order valence-corrected chi connectivity index (χ1v) is 9.94. The summed E-state index contributed by atoms with van der Waals surface area (Å²) in [6.45, 7) is 7.41. The fourth-order valence-electron chi connectivity index (χ4n) is 5.00. The fraction of sp³-hybridized carbons (Fsp3) is 0.714. The number of fused-ring (bicyclic) bond motifs is 1. The van der Waals surface area contributed by atoms with Crippen LogP contribution in [0.25, 0.3) is 0 Å². The van der Waals surface area contributed by atoms with Gasteiger partial charge >= 0.3 is 0 Å². The molecule has 0 amide bonds. The molecule has 2 unspecified atom stereocenters. The van der Waals surface area contributed by atoms with Gasteiger partial charge in [0.25, 0.3) is 0 Å². The monoisotopic (exact) mass is 327 g/mol. The molecule has 24 heavy (non-hydrogen) atoms. The van der Waals surface area contributed by atoms with E-state index in [1.807, 2.05) is 0 Å². The molecule has 4 rings (SSSR count). The third kappa shape index (κ3) is 3.40. The normalized spacial score (nSPS) is 30.2. The molecule has 3 heteroatoms. The molecule has 1 aromatic rings. The second-order valence-corrected chi connectivity index (χ2v) is 8.31. The van der Waals surface area contributed by atoms with Crippen LogP contribution in [-0.2, 0) is 6.42 Å².